The first-order valence-corrected chi connectivity index (χ1v) is 11.2. The molecule has 0 saturated heterocycles. The van der Waals surface area contributed by atoms with Crippen LogP contribution in [-0.4, -0.2) is 47.5 Å². The fourth-order valence-corrected chi connectivity index (χ4v) is 3.01. The molecule has 0 saturated carbocycles. The maximum absolute atomic E-state index is 13.0. The normalized spacial score (nSPS) is 14.5. The third-order valence-corrected chi connectivity index (χ3v) is 4.44. The molecule has 0 aliphatic rings. The lowest BCUT2D eigenvalue weighted by Gasteiger charge is -2.28. The molecule has 0 spiro atoms. The van der Waals surface area contributed by atoms with E-state index in [1.165, 1.54) is 0 Å². The third-order valence-electron chi connectivity index (χ3n) is 4.44. The van der Waals surface area contributed by atoms with E-state index in [2.05, 4.69) is 16.0 Å². The van der Waals surface area contributed by atoms with Gasteiger partial charge in [0.15, 0.2) is 0 Å². The van der Waals surface area contributed by atoms with E-state index in [1.807, 2.05) is 33.1 Å². The Kier molecular flexibility index (Phi) is 12.3. The van der Waals surface area contributed by atoms with Gasteiger partial charge >= 0.3 is 6.09 Å². The lowest BCUT2D eigenvalue weighted by atomic mass is 9.98. The smallest absolute Gasteiger partial charge is 0.408 e. The number of hydrogen-bond acceptors (Lipinski definition) is 6. The van der Waals surface area contributed by atoms with Crippen LogP contribution in [-0.2, 0) is 19.1 Å². The van der Waals surface area contributed by atoms with Crippen LogP contribution in [0.2, 0.25) is 0 Å². The first-order chi connectivity index (χ1) is 14.6. The molecule has 6 N–H and O–H groups in total. The SMILES string of the molecule is CC(C)C[C@H](NC(=O)OC(C)(C)C)C(=O)N[C@H](CC(C)C)C(=O)N[C@H](C(=O)NN)C(C)C. The lowest BCUT2D eigenvalue weighted by Crippen LogP contribution is -2.58. The minimum atomic E-state index is -0.885. The number of hydrogen-bond donors (Lipinski definition) is 5. The van der Waals surface area contributed by atoms with Crippen molar-refractivity contribution in [3.8, 4) is 0 Å². The van der Waals surface area contributed by atoms with E-state index >= 15 is 0 Å². The van der Waals surface area contributed by atoms with E-state index < -0.39 is 47.5 Å². The van der Waals surface area contributed by atoms with E-state index in [4.69, 9.17) is 10.6 Å². The van der Waals surface area contributed by atoms with Gasteiger partial charge in [-0.25, -0.2) is 10.6 Å². The summed E-state index contributed by atoms with van der Waals surface area (Å²) >= 11 is 0. The topological polar surface area (TPSA) is 152 Å². The molecule has 0 fully saturated rings. The highest BCUT2D eigenvalue weighted by molar-refractivity contribution is 5.93. The largest absolute Gasteiger partial charge is 0.444 e. The van der Waals surface area contributed by atoms with Gasteiger partial charge in [0.05, 0.1) is 0 Å². The van der Waals surface area contributed by atoms with Crippen LogP contribution in [0.4, 0.5) is 4.79 Å². The second-order valence-corrected chi connectivity index (χ2v) is 10.3. The van der Waals surface area contributed by atoms with E-state index in [9.17, 15) is 19.2 Å². The third kappa shape index (κ3) is 11.9. The minimum absolute atomic E-state index is 0.0919. The predicted molar refractivity (Wildman–Crippen MR) is 123 cm³/mol. The monoisotopic (exact) mass is 457 g/mol. The molecule has 0 aliphatic heterocycles. The molecule has 0 bridgehead atoms. The van der Waals surface area contributed by atoms with E-state index in [-0.39, 0.29) is 17.8 Å². The van der Waals surface area contributed by atoms with E-state index in [0.29, 0.717) is 12.8 Å². The van der Waals surface area contributed by atoms with Crippen LogP contribution in [0.1, 0.15) is 75.2 Å². The lowest BCUT2D eigenvalue weighted by molar-refractivity contribution is -0.133. The van der Waals surface area contributed by atoms with Crippen LogP contribution in [0.15, 0.2) is 0 Å². The second kappa shape index (κ2) is 13.2. The molecule has 0 aromatic rings. The molecule has 4 amide bonds. The molecule has 10 nitrogen and oxygen atoms in total. The van der Waals surface area contributed by atoms with Crippen molar-refractivity contribution in [2.45, 2.75) is 98.9 Å². The molecule has 0 aliphatic carbocycles. The number of carbonyl (C=O) groups excluding carboxylic acids is 4. The van der Waals surface area contributed by atoms with Gasteiger partial charge in [-0.3, -0.25) is 19.8 Å². The summed E-state index contributed by atoms with van der Waals surface area (Å²) in [6, 6.07) is -2.60. The molecule has 0 aromatic carbocycles. The number of rotatable bonds is 11. The zero-order valence-electron chi connectivity index (χ0n) is 21.0. The summed E-state index contributed by atoms with van der Waals surface area (Å²) in [7, 11) is 0. The highest BCUT2D eigenvalue weighted by Crippen LogP contribution is 2.12. The van der Waals surface area contributed by atoms with Gasteiger partial charge < -0.3 is 20.7 Å². The number of ether oxygens (including phenoxy) is 1. The number of hydrazine groups is 1. The van der Waals surface area contributed by atoms with Crippen LogP contribution < -0.4 is 27.2 Å². The molecule has 0 rings (SSSR count). The van der Waals surface area contributed by atoms with E-state index in [1.54, 1.807) is 34.6 Å². The number of carbonyl (C=O) groups is 4. The van der Waals surface area contributed by atoms with Crippen molar-refractivity contribution in [2.24, 2.45) is 23.6 Å². The quantitative estimate of drug-likeness (QED) is 0.180. The van der Waals surface area contributed by atoms with Crippen LogP contribution in [0.3, 0.4) is 0 Å². The molecular weight excluding hydrogens is 414 g/mol. The standard InChI is InChI=1S/C22H43N5O5/c1-12(2)10-15(19(29)26-17(14(5)6)20(30)27-23)24-18(28)16(11-13(3)4)25-21(31)32-22(7,8)9/h12-17H,10-11,23H2,1-9H3,(H,24,28)(H,25,31)(H,26,29)(H,27,30)/t15-,16+,17+/m1/s1. The Morgan fingerprint density at radius 2 is 1.19 bits per heavy atom. The first-order valence-electron chi connectivity index (χ1n) is 11.2. The molecule has 0 unspecified atom stereocenters. The summed E-state index contributed by atoms with van der Waals surface area (Å²) in [6.07, 6.45) is 0.0151. The van der Waals surface area contributed by atoms with Crippen molar-refractivity contribution >= 4 is 23.8 Å². The summed E-state index contributed by atoms with van der Waals surface area (Å²) in [5, 5.41) is 8.01. The van der Waals surface area contributed by atoms with Crippen molar-refractivity contribution in [2.75, 3.05) is 0 Å². The highest BCUT2D eigenvalue weighted by Gasteiger charge is 2.32. The number of alkyl carbamates (subject to hydrolysis) is 1. The summed E-state index contributed by atoms with van der Waals surface area (Å²) < 4.78 is 5.27. The summed E-state index contributed by atoms with van der Waals surface area (Å²) in [6.45, 7) is 16.4. The zero-order valence-corrected chi connectivity index (χ0v) is 21.0. The number of nitrogens with one attached hydrogen (secondary N) is 4. The Bertz CT molecular complexity index is 643. The van der Waals surface area contributed by atoms with Gasteiger partial charge in [0.1, 0.15) is 23.7 Å². The molecule has 10 heteroatoms. The first kappa shape index (κ1) is 29.6. The second-order valence-electron chi connectivity index (χ2n) is 10.3. The Morgan fingerprint density at radius 1 is 0.750 bits per heavy atom. The maximum Gasteiger partial charge on any atom is 0.408 e. The van der Waals surface area contributed by atoms with Crippen molar-refractivity contribution in [1.29, 1.82) is 0 Å². The molecule has 0 aromatic heterocycles. The van der Waals surface area contributed by atoms with Crippen molar-refractivity contribution in [1.82, 2.24) is 21.4 Å². The zero-order chi connectivity index (χ0) is 25.2. The molecular formula is C22H43N5O5. The van der Waals surface area contributed by atoms with Crippen LogP contribution >= 0.6 is 0 Å². The van der Waals surface area contributed by atoms with Crippen LogP contribution in [0.5, 0.6) is 0 Å². The molecule has 0 radical (unpaired) electrons. The Labute approximate surface area is 192 Å². The molecule has 186 valence electrons. The van der Waals surface area contributed by atoms with Crippen LogP contribution in [0.25, 0.3) is 0 Å². The van der Waals surface area contributed by atoms with Gasteiger partial charge in [-0.1, -0.05) is 41.5 Å². The van der Waals surface area contributed by atoms with Crippen molar-refractivity contribution < 1.29 is 23.9 Å². The summed E-state index contributed by atoms with van der Waals surface area (Å²) in [5.74, 6) is 3.72. The van der Waals surface area contributed by atoms with Gasteiger partial charge in [-0.15, -0.1) is 0 Å². The molecule has 0 heterocycles. The van der Waals surface area contributed by atoms with Crippen molar-refractivity contribution in [3.05, 3.63) is 0 Å². The number of amides is 4. The number of nitrogens with two attached hydrogens (primary N) is 1. The Balaban J connectivity index is 5.52. The molecule has 32 heavy (non-hydrogen) atoms. The van der Waals surface area contributed by atoms with E-state index in [0.717, 1.165) is 0 Å². The Morgan fingerprint density at radius 3 is 1.56 bits per heavy atom. The van der Waals surface area contributed by atoms with Gasteiger partial charge in [0, 0.05) is 0 Å². The highest BCUT2D eigenvalue weighted by atomic mass is 16.6. The predicted octanol–water partition coefficient (Wildman–Crippen LogP) is 1.59. The summed E-state index contributed by atoms with van der Waals surface area (Å²) in [5.41, 5.74) is 1.34. The van der Waals surface area contributed by atoms with Gasteiger partial charge in [0.25, 0.3) is 5.91 Å². The Hall–Kier alpha value is -2.36. The van der Waals surface area contributed by atoms with Gasteiger partial charge in [-0.05, 0) is 51.4 Å². The van der Waals surface area contributed by atoms with Crippen LogP contribution in [0, 0.1) is 17.8 Å². The fourth-order valence-electron chi connectivity index (χ4n) is 3.01. The van der Waals surface area contributed by atoms with Gasteiger partial charge in [0.2, 0.25) is 11.8 Å². The van der Waals surface area contributed by atoms with Gasteiger partial charge in [-0.2, -0.15) is 0 Å². The maximum atomic E-state index is 13.0. The summed E-state index contributed by atoms with van der Waals surface area (Å²) in [4.78, 5) is 50.2. The fraction of sp³-hybridized carbons (Fsp3) is 0.818. The minimum Gasteiger partial charge on any atom is -0.444 e. The van der Waals surface area contributed by atoms with Crippen molar-refractivity contribution in [3.63, 3.8) is 0 Å². The average molecular weight is 458 g/mol. The average Bonchev–Trinajstić information content (AvgIpc) is 2.61. The molecule has 3 atom stereocenters.